The van der Waals surface area contributed by atoms with E-state index in [-0.39, 0.29) is 6.10 Å². The molecule has 16 heavy (non-hydrogen) atoms. The third kappa shape index (κ3) is 4.94. The number of likely N-dealkylation sites (N-methyl/N-ethyl adjacent to an activating group) is 1. The number of halogens is 1. The first-order valence-electron chi connectivity index (χ1n) is 5.43. The monoisotopic (exact) mass is 242 g/mol. The zero-order valence-electron chi connectivity index (χ0n) is 9.56. The van der Waals surface area contributed by atoms with Gasteiger partial charge in [-0.25, -0.2) is 0 Å². The molecular formula is C12H19ClN2O. The second-order valence-electron chi connectivity index (χ2n) is 4.05. The summed E-state index contributed by atoms with van der Waals surface area (Å²) in [6.07, 6.45) is 0.299. The molecule has 0 heterocycles. The molecule has 90 valence electrons. The summed E-state index contributed by atoms with van der Waals surface area (Å²) < 4.78 is 0. The van der Waals surface area contributed by atoms with Crippen molar-refractivity contribution < 1.29 is 5.11 Å². The van der Waals surface area contributed by atoms with Gasteiger partial charge in [-0.2, -0.15) is 0 Å². The normalized spacial score (nSPS) is 13.1. The van der Waals surface area contributed by atoms with Crippen LogP contribution in [0.1, 0.15) is 12.0 Å². The Balaban J connectivity index is 2.39. The van der Waals surface area contributed by atoms with E-state index in [2.05, 4.69) is 4.90 Å². The molecule has 0 amide bonds. The number of hydrogen-bond donors (Lipinski definition) is 2. The van der Waals surface area contributed by atoms with Crippen LogP contribution in [-0.2, 0) is 6.54 Å². The van der Waals surface area contributed by atoms with Crippen LogP contribution in [0.2, 0.25) is 5.02 Å². The first-order chi connectivity index (χ1) is 7.61. The second-order valence-corrected chi connectivity index (χ2v) is 4.49. The Hall–Kier alpha value is -0.610. The molecule has 0 aliphatic rings. The van der Waals surface area contributed by atoms with Gasteiger partial charge < -0.3 is 10.8 Å². The quantitative estimate of drug-likeness (QED) is 0.795. The van der Waals surface area contributed by atoms with Crippen LogP contribution >= 0.6 is 11.6 Å². The first kappa shape index (κ1) is 13.5. The molecule has 0 radical (unpaired) electrons. The number of aliphatic hydroxyl groups is 1. The maximum atomic E-state index is 9.60. The molecule has 3 nitrogen and oxygen atoms in total. The maximum absolute atomic E-state index is 9.60. The number of rotatable bonds is 6. The van der Waals surface area contributed by atoms with Crippen molar-refractivity contribution in [2.24, 2.45) is 5.73 Å². The zero-order valence-corrected chi connectivity index (χ0v) is 10.3. The van der Waals surface area contributed by atoms with Gasteiger partial charge in [0.05, 0.1) is 6.10 Å². The van der Waals surface area contributed by atoms with E-state index in [0.29, 0.717) is 19.5 Å². The molecule has 1 rings (SSSR count). The third-order valence-corrected chi connectivity index (χ3v) is 2.64. The highest BCUT2D eigenvalue weighted by molar-refractivity contribution is 6.30. The molecule has 0 aliphatic carbocycles. The van der Waals surface area contributed by atoms with Crippen molar-refractivity contribution in [3.8, 4) is 0 Å². The Morgan fingerprint density at radius 3 is 2.56 bits per heavy atom. The Bertz CT molecular complexity index is 302. The van der Waals surface area contributed by atoms with Crippen LogP contribution in [0.4, 0.5) is 0 Å². The van der Waals surface area contributed by atoms with Gasteiger partial charge in [0.25, 0.3) is 0 Å². The molecule has 0 spiro atoms. The minimum Gasteiger partial charge on any atom is -0.392 e. The Morgan fingerprint density at radius 2 is 2.00 bits per heavy atom. The van der Waals surface area contributed by atoms with Crippen molar-refractivity contribution in [1.29, 1.82) is 0 Å². The summed E-state index contributed by atoms with van der Waals surface area (Å²) in [4.78, 5) is 2.07. The molecule has 0 saturated carbocycles. The minimum atomic E-state index is -0.345. The van der Waals surface area contributed by atoms with Crippen LogP contribution < -0.4 is 5.73 Å². The number of nitrogens with two attached hydrogens (primary N) is 1. The highest BCUT2D eigenvalue weighted by atomic mass is 35.5. The standard InChI is InChI=1S/C12H19ClN2O/c1-15(9-12(16)6-7-14)8-10-2-4-11(13)5-3-10/h2-5,12,16H,6-9,14H2,1H3. The van der Waals surface area contributed by atoms with E-state index in [1.54, 1.807) is 0 Å². The molecule has 0 aromatic heterocycles. The molecule has 0 fully saturated rings. The van der Waals surface area contributed by atoms with Gasteiger partial charge in [0, 0.05) is 18.1 Å². The topological polar surface area (TPSA) is 49.5 Å². The number of aliphatic hydroxyl groups excluding tert-OH is 1. The van der Waals surface area contributed by atoms with Gasteiger partial charge in [-0.1, -0.05) is 23.7 Å². The van der Waals surface area contributed by atoms with E-state index >= 15 is 0 Å². The predicted octanol–water partition coefficient (Wildman–Crippen LogP) is 1.48. The van der Waals surface area contributed by atoms with Crippen molar-refractivity contribution in [2.75, 3.05) is 20.1 Å². The average molecular weight is 243 g/mol. The fourth-order valence-electron chi connectivity index (χ4n) is 1.61. The second kappa shape index (κ2) is 6.86. The lowest BCUT2D eigenvalue weighted by atomic mass is 10.2. The van der Waals surface area contributed by atoms with E-state index in [1.165, 1.54) is 5.56 Å². The number of benzene rings is 1. The number of hydrogen-bond acceptors (Lipinski definition) is 3. The van der Waals surface area contributed by atoms with Crippen LogP contribution in [0.3, 0.4) is 0 Å². The SMILES string of the molecule is CN(Cc1ccc(Cl)cc1)CC(O)CCN. The van der Waals surface area contributed by atoms with E-state index in [0.717, 1.165) is 11.6 Å². The molecule has 0 aliphatic heterocycles. The highest BCUT2D eigenvalue weighted by Gasteiger charge is 2.07. The lowest BCUT2D eigenvalue weighted by molar-refractivity contribution is 0.117. The van der Waals surface area contributed by atoms with Gasteiger partial charge in [-0.3, -0.25) is 4.90 Å². The third-order valence-electron chi connectivity index (χ3n) is 2.39. The zero-order chi connectivity index (χ0) is 12.0. The van der Waals surface area contributed by atoms with Crippen LogP contribution in [0, 0.1) is 0 Å². The molecular weight excluding hydrogens is 224 g/mol. The van der Waals surface area contributed by atoms with Crippen molar-refractivity contribution >= 4 is 11.6 Å². The van der Waals surface area contributed by atoms with Gasteiger partial charge in [0.2, 0.25) is 0 Å². The van der Waals surface area contributed by atoms with Gasteiger partial charge in [-0.15, -0.1) is 0 Å². The van der Waals surface area contributed by atoms with Crippen LogP contribution in [-0.4, -0.2) is 36.2 Å². The number of nitrogens with zero attached hydrogens (tertiary/aromatic N) is 1. The van der Waals surface area contributed by atoms with Gasteiger partial charge in [-0.05, 0) is 37.7 Å². The average Bonchev–Trinajstić information content (AvgIpc) is 2.21. The van der Waals surface area contributed by atoms with E-state index in [4.69, 9.17) is 17.3 Å². The van der Waals surface area contributed by atoms with Crippen molar-refractivity contribution in [2.45, 2.75) is 19.1 Å². The molecule has 0 bridgehead atoms. The summed E-state index contributed by atoms with van der Waals surface area (Å²) in [7, 11) is 1.98. The fraction of sp³-hybridized carbons (Fsp3) is 0.500. The molecule has 1 aromatic rings. The molecule has 1 atom stereocenters. The summed E-state index contributed by atoms with van der Waals surface area (Å²) in [5.41, 5.74) is 6.57. The lowest BCUT2D eigenvalue weighted by Crippen LogP contribution is -2.30. The largest absolute Gasteiger partial charge is 0.392 e. The summed E-state index contributed by atoms with van der Waals surface area (Å²) >= 11 is 5.81. The summed E-state index contributed by atoms with van der Waals surface area (Å²) in [5.74, 6) is 0. The Labute approximate surface area is 102 Å². The van der Waals surface area contributed by atoms with Crippen molar-refractivity contribution in [3.63, 3.8) is 0 Å². The smallest absolute Gasteiger partial charge is 0.0679 e. The molecule has 1 aromatic carbocycles. The maximum Gasteiger partial charge on any atom is 0.0679 e. The van der Waals surface area contributed by atoms with Gasteiger partial charge in [0.15, 0.2) is 0 Å². The van der Waals surface area contributed by atoms with Crippen LogP contribution in [0.15, 0.2) is 24.3 Å². The van der Waals surface area contributed by atoms with E-state index in [9.17, 15) is 5.11 Å². The summed E-state index contributed by atoms with van der Waals surface area (Å²) in [5, 5.41) is 10.3. The lowest BCUT2D eigenvalue weighted by Gasteiger charge is -2.20. The van der Waals surface area contributed by atoms with Crippen LogP contribution in [0.5, 0.6) is 0 Å². The highest BCUT2D eigenvalue weighted by Crippen LogP contribution is 2.11. The molecule has 4 heteroatoms. The predicted molar refractivity (Wildman–Crippen MR) is 67.5 cm³/mol. The van der Waals surface area contributed by atoms with Crippen LogP contribution in [0.25, 0.3) is 0 Å². The Kier molecular flexibility index (Phi) is 5.77. The van der Waals surface area contributed by atoms with Crippen molar-refractivity contribution in [1.82, 2.24) is 4.90 Å². The van der Waals surface area contributed by atoms with E-state index in [1.807, 2.05) is 31.3 Å². The van der Waals surface area contributed by atoms with Gasteiger partial charge >= 0.3 is 0 Å². The summed E-state index contributed by atoms with van der Waals surface area (Å²) in [6, 6.07) is 7.74. The fourth-order valence-corrected chi connectivity index (χ4v) is 1.74. The summed E-state index contributed by atoms with van der Waals surface area (Å²) in [6.45, 7) is 1.97. The molecule has 3 N–H and O–H groups in total. The Morgan fingerprint density at radius 1 is 1.38 bits per heavy atom. The molecule has 1 unspecified atom stereocenters. The van der Waals surface area contributed by atoms with Gasteiger partial charge in [0.1, 0.15) is 0 Å². The first-order valence-corrected chi connectivity index (χ1v) is 5.80. The minimum absolute atomic E-state index is 0.345. The van der Waals surface area contributed by atoms with Crippen molar-refractivity contribution in [3.05, 3.63) is 34.9 Å². The molecule has 0 saturated heterocycles. The van der Waals surface area contributed by atoms with E-state index < -0.39 is 0 Å².